The Kier molecular flexibility index (Phi) is 9.29. The van der Waals surface area contributed by atoms with E-state index in [1.54, 1.807) is 4.90 Å². The molecule has 1 aromatic carbocycles. The summed E-state index contributed by atoms with van der Waals surface area (Å²) in [5, 5.41) is 9.06. The van der Waals surface area contributed by atoms with Crippen LogP contribution in [-0.4, -0.2) is 35.8 Å². The number of carbonyl (C=O) groups excluding carboxylic acids is 1. The molecule has 0 spiro atoms. The number of hydrogen-bond donors (Lipinski definition) is 1. The fourth-order valence-corrected chi connectivity index (χ4v) is 2.13. The second-order valence-electron chi connectivity index (χ2n) is 5.17. The number of carbonyl (C=O) groups is 1. The normalized spacial score (nSPS) is 10.4. The third-order valence-corrected chi connectivity index (χ3v) is 3.36. The van der Waals surface area contributed by atoms with Crippen LogP contribution in [0.4, 0.5) is 4.79 Å². The van der Waals surface area contributed by atoms with Gasteiger partial charge in [0.25, 0.3) is 0 Å². The molecule has 0 aliphatic rings. The molecule has 1 N–H and O–H groups in total. The summed E-state index contributed by atoms with van der Waals surface area (Å²) in [6, 6.07) is 9.62. The maximum Gasteiger partial charge on any atom is 0.410 e. The number of hydrogen-bond acceptors (Lipinski definition) is 3. The van der Waals surface area contributed by atoms with Gasteiger partial charge < -0.3 is 14.7 Å². The topological polar surface area (TPSA) is 49.8 Å². The van der Waals surface area contributed by atoms with Crippen LogP contribution < -0.4 is 0 Å². The van der Waals surface area contributed by atoms with E-state index in [2.05, 4.69) is 6.92 Å². The molecule has 0 aliphatic carbocycles. The number of aliphatic hydroxyl groups excluding tert-OH is 1. The van der Waals surface area contributed by atoms with Crippen molar-refractivity contribution in [1.82, 2.24) is 4.90 Å². The van der Waals surface area contributed by atoms with E-state index in [1.165, 1.54) is 19.3 Å². The van der Waals surface area contributed by atoms with Gasteiger partial charge in [0.15, 0.2) is 0 Å². The highest BCUT2D eigenvalue weighted by molar-refractivity contribution is 5.67. The molecular formula is C17H27NO3. The van der Waals surface area contributed by atoms with Gasteiger partial charge in [-0.25, -0.2) is 4.79 Å². The Morgan fingerprint density at radius 1 is 1.10 bits per heavy atom. The number of aliphatic hydroxyl groups is 1. The van der Waals surface area contributed by atoms with Crippen molar-refractivity contribution in [2.45, 2.75) is 45.6 Å². The van der Waals surface area contributed by atoms with Crippen molar-refractivity contribution >= 4 is 6.09 Å². The van der Waals surface area contributed by atoms with Crippen molar-refractivity contribution < 1.29 is 14.6 Å². The average molecular weight is 293 g/mol. The lowest BCUT2D eigenvalue weighted by molar-refractivity contribution is 0.0878. The van der Waals surface area contributed by atoms with Gasteiger partial charge in [-0.1, -0.05) is 62.9 Å². The second kappa shape index (κ2) is 11.1. The van der Waals surface area contributed by atoms with Crippen molar-refractivity contribution in [2.75, 3.05) is 19.7 Å². The summed E-state index contributed by atoms with van der Waals surface area (Å²) in [7, 11) is 0. The van der Waals surface area contributed by atoms with E-state index in [1.807, 2.05) is 30.3 Å². The monoisotopic (exact) mass is 293 g/mol. The first-order valence-electron chi connectivity index (χ1n) is 7.84. The fourth-order valence-electron chi connectivity index (χ4n) is 2.13. The molecule has 0 radical (unpaired) electrons. The van der Waals surface area contributed by atoms with Crippen LogP contribution >= 0.6 is 0 Å². The van der Waals surface area contributed by atoms with Crippen LogP contribution in [0.3, 0.4) is 0 Å². The summed E-state index contributed by atoms with van der Waals surface area (Å²) >= 11 is 0. The Hall–Kier alpha value is -1.55. The van der Waals surface area contributed by atoms with Crippen molar-refractivity contribution in [2.24, 2.45) is 0 Å². The van der Waals surface area contributed by atoms with Crippen molar-refractivity contribution in [1.29, 1.82) is 0 Å². The highest BCUT2D eigenvalue weighted by atomic mass is 16.6. The Labute approximate surface area is 127 Å². The van der Waals surface area contributed by atoms with E-state index in [-0.39, 0.29) is 19.3 Å². The van der Waals surface area contributed by atoms with Crippen LogP contribution in [0.15, 0.2) is 30.3 Å². The second-order valence-corrected chi connectivity index (χ2v) is 5.17. The molecule has 1 rings (SSSR count). The predicted molar refractivity (Wildman–Crippen MR) is 84.0 cm³/mol. The van der Waals surface area contributed by atoms with Crippen molar-refractivity contribution in [3.63, 3.8) is 0 Å². The summed E-state index contributed by atoms with van der Waals surface area (Å²) < 4.78 is 5.30. The zero-order chi connectivity index (χ0) is 15.3. The van der Waals surface area contributed by atoms with E-state index in [4.69, 9.17) is 9.84 Å². The molecule has 0 saturated heterocycles. The molecule has 0 aliphatic heterocycles. The van der Waals surface area contributed by atoms with Gasteiger partial charge in [0.2, 0.25) is 0 Å². The molecule has 0 atom stereocenters. The van der Waals surface area contributed by atoms with Gasteiger partial charge in [0, 0.05) is 13.1 Å². The van der Waals surface area contributed by atoms with Gasteiger partial charge in [-0.2, -0.15) is 0 Å². The lowest BCUT2D eigenvalue weighted by Gasteiger charge is -2.21. The minimum absolute atomic E-state index is 0.0323. The average Bonchev–Trinajstić information content (AvgIpc) is 2.52. The molecule has 1 aromatic rings. The Bertz CT molecular complexity index is 381. The van der Waals surface area contributed by atoms with Crippen LogP contribution in [0.25, 0.3) is 0 Å². The highest BCUT2D eigenvalue weighted by Gasteiger charge is 2.13. The first-order valence-corrected chi connectivity index (χ1v) is 7.84. The predicted octanol–water partition coefficient (Wildman–Crippen LogP) is 3.59. The molecule has 0 heterocycles. The van der Waals surface area contributed by atoms with Crippen LogP contribution in [0.5, 0.6) is 0 Å². The first-order chi connectivity index (χ1) is 10.3. The van der Waals surface area contributed by atoms with Gasteiger partial charge in [-0.05, 0) is 12.0 Å². The molecule has 0 saturated carbocycles. The van der Waals surface area contributed by atoms with E-state index < -0.39 is 0 Å². The Morgan fingerprint density at radius 2 is 1.81 bits per heavy atom. The maximum absolute atomic E-state index is 12.0. The number of nitrogens with zero attached hydrogens (tertiary/aromatic N) is 1. The van der Waals surface area contributed by atoms with Crippen LogP contribution in [0, 0.1) is 0 Å². The third kappa shape index (κ3) is 7.71. The lowest BCUT2D eigenvalue weighted by atomic mass is 10.1. The Balaban J connectivity index is 2.31. The van der Waals surface area contributed by atoms with E-state index in [9.17, 15) is 4.79 Å². The standard InChI is InChI=1S/C17H27NO3/c1-2-3-4-5-9-12-18(13-14-19)17(20)21-15-16-10-7-6-8-11-16/h6-8,10-11,19H,2-5,9,12-15H2,1H3. The molecule has 0 unspecified atom stereocenters. The SMILES string of the molecule is CCCCCCCN(CCO)C(=O)OCc1ccccc1. The minimum atomic E-state index is -0.344. The third-order valence-electron chi connectivity index (χ3n) is 3.36. The largest absolute Gasteiger partial charge is 0.445 e. The van der Waals surface area contributed by atoms with Crippen molar-refractivity contribution in [3.05, 3.63) is 35.9 Å². The molecule has 0 fully saturated rings. The van der Waals surface area contributed by atoms with Gasteiger partial charge in [-0.15, -0.1) is 0 Å². The minimum Gasteiger partial charge on any atom is -0.445 e. The molecular weight excluding hydrogens is 266 g/mol. The van der Waals surface area contributed by atoms with Gasteiger partial charge in [-0.3, -0.25) is 0 Å². The number of unbranched alkanes of at least 4 members (excludes halogenated alkanes) is 4. The molecule has 0 bridgehead atoms. The number of ether oxygens (including phenoxy) is 1. The zero-order valence-electron chi connectivity index (χ0n) is 13.0. The fraction of sp³-hybridized carbons (Fsp3) is 0.588. The summed E-state index contributed by atoms with van der Waals surface area (Å²) in [6.07, 6.45) is 5.37. The molecule has 1 amide bonds. The Morgan fingerprint density at radius 3 is 2.48 bits per heavy atom. The first kappa shape index (κ1) is 17.5. The molecule has 21 heavy (non-hydrogen) atoms. The molecule has 4 heteroatoms. The van der Waals surface area contributed by atoms with Gasteiger partial charge >= 0.3 is 6.09 Å². The summed E-state index contributed by atoms with van der Waals surface area (Å²) in [6.45, 7) is 3.41. The van der Waals surface area contributed by atoms with Crippen LogP contribution in [0.2, 0.25) is 0 Å². The highest BCUT2D eigenvalue weighted by Crippen LogP contribution is 2.07. The maximum atomic E-state index is 12.0. The summed E-state index contributed by atoms with van der Waals surface area (Å²) in [5.74, 6) is 0. The number of benzene rings is 1. The summed E-state index contributed by atoms with van der Waals surface area (Å²) in [5.41, 5.74) is 0.970. The van der Waals surface area contributed by atoms with E-state index in [0.29, 0.717) is 13.1 Å². The molecule has 4 nitrogen and oxygen atoms in total. The number of amides is 1. The van der Waals surface area contributed by atoms with Gasteiger partial charge in [0.1, 0.15) is 6.61 Å². The summed E-state index contributed by atoms with van der Waals surface area (Å²) in [4.78, 5) is 13.6. The van der Waals surface area contributed by atoms with Gasteiger partial charge in [0.05, 0.1) is 6.61 Å². The lowest BCUT2D eigenvalue weighted by Crippen LogP contribution is -2.34. The van der Waals surface area contributed by atoms with E-state index in [0.717, 1.165) is 18.4 Å². The molecule has 118 valence electrons. The smallest absolute Gasteiger partial charge is 0.410 e. The molecule has 0 aromatic heterocycles. The quantitative estimate of drug-likeness (QED) is 0.671. The van der Waals surface area contributed by atoms with Crippen LogP contribution in [-0.2, 0) is 11.3 Å². The van der Waals surface area contributed by atoms with Crippen LogP contribution in [0.1, 0.15) is 44.6 Å². The number of rotatable bonds is 10. The zero-order valence-corrected chi connectivity index (χ0v) is 13.0. The van der Waals surface area contributed by atoms with Crippen molar-refractivity contribution in [3.8, 4) is 0 Å². The van der Waals surface area contributed by atoms with E-state index >= 15 is 0 Å².